The van der Waals surface area contributed by atoms with Crippen LogP contribution in [0.15, 0.2) is 12.1 Å². The van der Waals surface area contributed by atoms with Crippen LogP contribution in [0.5, 0.6) is 0 Å². The zero-order valence-electron chi connectivity index (χ0n) is 9.19. The van der Waals surface area contributed by atoms with Gasteiger partial charge in [0.2, 0.25) is 0 Å². The highest BCUT2D eigenvalue weighted by atomic mass is 15.3. The van der Waals surface area contributed by atoms with Gasteiger partial charge in [0.15, 0.2) is 5.82 Å². The van der Waals surface area contributed by atoms with Crippen molar-refractivity contribution in [3.63, 3.8) is 0 Å². The quantitative estimate of drug-likeness (QED) is 0.761. The fraction of sp³-hybridized carbons (Fsp3) is 0.636. The number of hydrogen-bond donors (Lipinski definition) is 1. The molecule has 4 nitrogen and oxygen atoms in total. The summed E-state index contributed by atoms with van der Waals surface area (Å²) < 4.78 is 0. The van der Waals surface area contributed by atoms with E-state index in [0.29, 0.717) is 11.9 Å². The number of anilines is 2. The summed E-state index contributed by atoms with van der Waals surface area (Å²) in [7, 11) is 0. The van der Waals surface area contributed by atoms with E-state index in [2.05, 4.69) is 22.0 Å². The molecule has 1 unspecified atom stereocenters. The van der Waals surface area contributed by atoms with Crippen molar-refractivity contribution in [1.29, 1.82) is 0 Å². The molecule has 2 N–H and O–H groups in total. The minimum atomic E-state index is 0.487. The van der Waals surface area contributed by atoms with E-state index >= 15 is 0 Å². The van der Waals surface area contributed by atoms with E-state index in [1.165, 1.54) is 25.7 Å². The number of nitrogen functional groups attached to an aromatic ring is 1. The lowest BCUT2D eigenvalue weighted by Crippen LogP contribution is -2.33. The Morgan fingerprint density at radius 2 is 2.13 bits per heavy atom. The number of nitrogens with zero attached hydrogens (tertiary/aromatic N) is 3. The molecule has 1 aromatic heterocycles. The highest BCUT2D eigenvalue weighted by Gasteiger charge is 2.18. The molecule has 15 heavy (non-hydrogen) atoms. The first-order valence-electron chi connectivity index (χ1n) is 5.63. The van der Waals surface area contributed by atoms with Crippen LogP contribution in [0, 0.1) is 0 Å². The van der Waals surface area contributed by atoms with Crippen molar-refractivity contribution in [1.82, 2.24) is 10.2 Å². The van der Waals surface area contributed by atoms with Gasteiger partial charge in [0, 0.05) is 12.6 Å². The maximum Gasteiger partial charge on any atom is 0.151 e. The Bertz CT molecular complexity index is 309. The van der Waals surface area contributed by atoms with Crippen molar-refractivity contribution in [3.8, 4) is 0 Å². The first-order valence-corrected chi connectivity index (χ1v) is 5.63. The molecule has 82 valence electrons. The number of rotatable bonds is 1. The van der Waals surface area contributed by atoms with Crippen molar-refractivity contribution in [3.05, 3.63) is 12.1 Å². The lowest BCUT2D eigenvalue weighted by atomic mass is 10.1. The van der Waals surface area contributed by atoms with E-state index in [1.807, 2.05) is 12.1 Å². The Morgan fingerprint density at radius 1 is 1.27 bits per heavy atom. The SMILES string of the molecule is CC1CCCCCN1c1ccc(N)nn1. The maximum absolute atomic E-state index is 5.53. The van der Waals surface area contributed by atoms with Crippen molar-refractivity contribution < 1.29 is 0 Å². The fourth-order valence-electron chi connectivity index (χ4n) is 2.10. The molecule has 0 amide bonds. The third-order valence-corrected chi connectivity index (χ3v) is 3.02. The summed E-state index contributed by atoms with van der Waals surface area (Å²) in [4.78, 5) is 2.33. The first-order chi connectivity index (χ1) is 7.27. The van der Waals surface area contributed by atoms with Crippen LogP contribution in [-0.2, 0) is 0 Å². The van der Waals surface area contributed by atoms with E-state index in [-0.39, 0.29) is 0 Å². The average Bonchev–Trinajstić information content (AvgIpc) is 2.44. The van der Waals surface area contributed by atoms with Crippen LogP contribution in [0.4, 0.5) is 11.6 Å². The molecule has 0 radical (unpaired) electrons. The van der Waals surface area contributed by atoms with Crippen LogP contribution in [0.25, 0.3) is 0 Å². The lowest BCUT2D eigenvalue weighted by molar-refractivity contribution is 0.608. The maximum atomic E-state index is 5.53. The lowest BCUT2D eigenvalue weighted by Gasteiger charge is -2.27. The van der Waals surface area contributed by atoms with E-state index in [1.54, 1.807) is 0 Å². The third kappa shape index (κ3) is 2.37. The summed E-state index contributed by atoms with van der Waals surface area (Å²) in [5, 5.41) is 8.05. The molecule has 1 atom stereocenters. The zero-order chi connectivity index (χ0) is 10.7. The second-order valence-electron chi connectivity index (χ2n) is 4.21. The number of nitrogens with two attached hydrogens (primary N) is 1. The standard InChI is InChI=1S/C11H18N4/c1-9-5-3-2-4-8-15(9)11-7-6-10(12)13-14-11/h6-7,9H,2-5,8H2,1H3,(H2,12,13). The molecule has 0 saturated carbocycles. The summed E-state index contributed by atoms with van der Waals surface area (Å²) in [6.45, 7) is 3.34. The molecule has 1 aliphatic heterocycles. The van der Waals surface area contributed by atoms with E-state index < -0.39 is 0 Å². The van der Waals surface area contributed by atoms with Gasteiger partial charge in [-0.15, -0.1) is 10.2 Å². The first kappa shape index (κ1) is 10.2. The molecule has 1 fully saturated rings. The number of aromatic nitrogens is 2. The molecule has 4 heteroatoms. The van der Waals surface area contributed by atoms with E-state index in [9.17, 15) is 0 Å². The molecule has 1 saturated heterocycles. The van der Waals surface area contributed by atoms with Gasteiger partial charge >= 0.3 is 0 Å². The monoisotopic (exact) mass is 206 g/mol. The van der Waals surface area contributed by atoms with Gasteiger partial charge in [-0.1, -0.05) is 12.8 Å². The van der Waals surface area contributed by atoms with Gasteiger partial charge in [-0.2, -0.15) is 0 Å². The molecule has 2 rings (SSSR count). The molecular weight excluding hydrogens is 188 g/mol. The molecule has 1 aromatic rings. The minimum Gasteiger partial charge on any atom is -0.382 e. The summed E-state index contributed by atoms with van der Waals surface area (Å²) >= 11 is 0. The van der Waals surface area contributed by atoms with Gasteiger partial charge in [0.1, 0.15) is 5.82 Å². The van der Waals surface area contributed by atoms with Crippen LogP contribution >= 0.6 is 0 Å². The van der Waals surface area contributed by atoms with Crippen molar-refractivity contribution in [2.24, 2.45) is 0 Å². The predicted octanol–water partition coefficient (Wildman–Crippen LogP) is 1.83. The summed E-state index contributed by atoms with van der Waals surface area (Å²) in [5.74, 6) is 1.44. The molecule has 0 bridgehead atoms. The van der Waals surface area contributed by atoms with Crippen molar-refractivity contribution in [2.45, 2.75) is 38.6 Å². The molecule has 0 aromatic carbocycles. The Morgan fingerprint density at radius 3 is 2.87 bits per heavy atom. The van der Waals surface area contributed by atoms with Gasteiger partial charge in [-0.3, -0.25) is 0 Å². The Balaban J connectivity index is 2.16. The van der Waals surface area contributed by atoms with Crippen molar-refractivity contribution >= 4 is 11.6 Å². The molecular formula is C11H18N4. The molecule has 2 heterocycles. The van der Waals surface area contributed by atoms with Gasteiger partial charge in [-0.25, -0.2) is 0 Å². The summed E-state index contributed by atoms with van der Waals surface area (Å²) in [6, 6.07) is 4.34. The number of hydrogen-bond acceptors (Lipinski definition) is 4. The molecule has 0 spiro atoms. The third-order valence-electron chi connectivity index (χ3n) is 3.02. The Kier molecular flexibility index (Phi) is 3.04. The molecule has 1 aliphatic rings. The van der Waals surface area contributed by atoms with Gasteiger partial charge in [0.25, 0.3) is 0 Å². The zero-order valence-corrected chi connectivity index (χ0v) is 9.19. The second kappa shape index (κ2) is 4.47. The Hall–Kier alpha value is -1.32. The topological polar surface area (TPSA) is 55.0 Å². The van der Waals surface area contributed by atoms with Crippen LogP contribution in [-0.4, -0.2) is 22.8 Å². The van der Waals surface area contributed by atoms with Crippen LogP contribution in [0.3, 0.4) is 0 Å². The van der Waals surface area contributed by atoms with Crippen LogP contribution in [0.2, 0.25) is 0 Å². The Labute approximate surface area is 90.5 Å². The predicted molar refractivity (Wildman–Crippen MR) is 61.7 cm³/mol. The van der Waals surface area contributed by atoms with Crippen LogP contribution in [0.1, 0.15) is 32.6 Å². The van der Waals surface area contributed by atoms with Crippen molar-refractivity contribution in [2.75, 3.05) is 17.2 Å². The highest BCUT2D eigenvalue weighted by Crippen LogP contribution is 2.21. The fourth-order valence-corrected chi connectivity index (χ4v) is 2.10. The van der Waals surface area contributed by atoms with Gasteiger partial charge in [-0.05, 0) is 31.9 Å². The normalized spacial score (nSPS) is 22.5. The minimum absolute atomic E-state index is 0.487. The smallest absolute Gasteiger partial charge is 0.151 e. The van der Waals surface area contributed by atoms with Gasteiger partial charge < -0.3 is 10.6 Å². The largest absolute Gasteiger partial charge is 0.382 e. The van der Waals surface area contributed by atoms with Crippen LogP contribution < -0.4 is 10.6 Å². The highest BCUT2D eigenvalue weighted by molar-refractivity contribution is 5.42. The van der Waals surface area contributed by atoms with Gasteiger partial charge in [0.05, 0.1) is 0 Å². The second-order valence-corrected chi connectivity index (χ2v) is 4.21. The van der Waals surface area contributed by atoms with E-state index in [0.717, 1.165) is 12.4 Å². The summed E-state index contributed by atoms with van der Waals surface area (Å²) in [6.07, 6.45) is 5.13. The van der Waals surface area contributed by atoms with E-state index in [4.69, 9.17) is 5.73 Å². The average molecular weight is 206 g/mol. The molecule has 0 aliphatic carbocycles. The summed E-state index contributed by atoms with van der Waals surface area (Å²) in [5.41, 5.74) is 5.53.